The molecule has 3 aromatic rings. The number of guanidine groups is 1. The van der Waals surface area contributed by atoms with E-state index in [-0.39, 0.29) is 99.7 Å². The molecule has 2 fully saturated rings. The van der Waals surface area contributed by atoms with Crippen molar-refractivity contribution in [3.8, 4) is 5.75 Å². The van der Waals surface area contributed by atoms with Crippen molar-refractivity contribution in [3.05, 3.63) is 65.4 Å². The SMILES string of the molecule is CCCC[C@@H]1NC(=O)[C@@H]2CCCN2C(=O)[C@@H]2CSCc3cc(cc(c3)OCCCCCCO/N=C/C(=O)N[C@@H](CCCNC(=N)N)C(=O)N2)CSC[C@@H](C(N)=O)NC(=O)[C@H](CCC(=O)O)NC(=O)[C@H](CCC(N)=O)NC(=O)[C@H](Cc2c[nH]c3ccccc23)NC(=O)[C@H](CC2CCC2)NC(=O)[C@H](CC(=O)O)NC1=O. The van der Waals surface area contributed by atoms with Crippen LogP contribution < -0.4 is 75.1 Å². The number of unbranched alkanes of at least 4 members (excludes halogenated alkanes) is 1. The van der Waals surface area contributed by atoms with Crippen LogP contribution in [0.15, 0.2) is 53.8 Å². The Hall–Kier alpha value is -10.2. The second kappa shape index (κ2) is 43.6. The quantitative estimate of drug-likeness (QED) is 0.0400. The first-order valence-corrected chi connectivity index (χ1v) is 38.8. The van der Waals surface area contributed by atoms with E-state index in [1.54, 1.807) is 42.6 Å². The second-order valence-electron chi connectivity index (χ2n) is 27.2. The van der Waals surface area contributed by atoms with E-state index in [1.165, 1.54) is 28.4 Å². The van der Waals surface area contributed by atoms with Crippen LogP contribution >= 0.6 is 23.5 Å². The third-order valence-corrected chi connectivity index (χ3v) is 21.0. The van der Waals surface area contributed by atoms with E-state index in [0.29, 0.717) is 84.7 Å². The lowest BCUT2D eigenvalue weighted by Gasteiger charge is -2.32. The maximum Gasteiger partial charge on any atom is 0.305 e. The van der Waals surface area contributed by atoms with E-state index in [2.05, 4.69) is 63.3 Å². The van der Waals surface area contributed by atoms with Gasteiger partial charge in [-0.3, -0.25) is 72.5 Å². The molecule has 12 amide bonds. The van der Waals surface area contributed by atoms with Gasteiger partial charge in [-0.25, -0.2) is 0 Å². The lowest BCUT2D eigenvalue weighted by atomic mass is 9.80. The highest BCUT2D eigenvalue weighted by atomic mass is 32.2. The van der Waals surface area contributed by atoms with E-state index >= 15 is 4.79 Å². The number of aromatic amines is 1. The van der Waals surface area contributed by atoms with Crippen molar-refractivity contribution in [2.75, 3.05) is 37.8 Å². The molecule has 1 saturated carbocycles. The Kier molecular flexibility index (Phi) is 34.3. The molecule has 1 aliphatic carbocycles. The van der Waals surface area contributed by atoms with Gasteiger partial charge in [-0.2, -0.15) is 23.5 Å². The summed E-state index contributed by atoms with van der Waals surface area (Å²) in [5.74, 6) is -14.2. The predicted octanol–water partition coefficient (Wildman–Crippen LogP) is -0.0660. The molecule has 0 unspecified atom stereocenters. The summed E-state index contributed by atoms with van der Waals surface area (Å²) in [7, 11) is 0. The number of hydrogen-bond donors (Lipinski definition) is 17. The molecule has 35 nitrogen and oxygen atoms in total. The molecule has 37 heteroatoms. The first-order chi connectivity index (χ1) is 51.7. The molecule has 2 aromatic carbocycles. The second-order valence-corrected chi connectivity index (χ2v) is 29.3. The number of hydrogen-bond acceptors (Lipinski definition) is 20. The summed E-state index contributed by atoms with van der Waals surface area (Å²) in [4.78, 5) is 206. The zero-order valence-electron chi connectivity index (χ0n) is 60.4. The maximum atomic E-state index is 15.3. The molecule has 590 valence electrons. The fourth-order valence-electron chi connectivity index (χ4n) is 12.7. The van der Waals surface area contributed by atoms with E-state index in [4.69, 9.17) is 32.2 Å². The fourth-order valence-corrected chi connectivity index (χ4v) is 14.7. The zero-order valence-corrected chi connectivity index (χ0v) is 62.1. The number of para-hydroxylation sites is 1. The molecule has 4 bridgehead atoms. The van der Waals surface area contributed by atoms with Crippen LogP contribution in [0.4, 0.5) is 0 Å². The minimum atomic E-state index is -1.89. The van der Waals surface area contributed by atoms with Gasteiger partial charge in [-0.15, -0.1) is 0 Å². The Morgan fingerprint density at radius 2 is 1.20 bits per heavy atom. The number of oxime groups is 1. The lowest BCUT2D eigenvalue weighted by molar-refractivity contribution is -0.143. The van der Waals surface area contributed by atoms with Gasteiger partial charge in [0.15, 0.2) is 5.96 Å². The Balaban J connectivity index is 1.29. The number of carboxylic acid groups (broad SMARTS) is 2. The summed E-state index contributed by atoms with van der Waals surface area (Å²) in [6.45, 7) is 2.40. The fraction of sp³-hybridized carbons (Fsp3) is 0.577. The maximum absolute atomic E-state index is 15.3. The van der Waals surface area contributed by atoms with Crippen LogP contribution in [-0.2, 0) is 89.9 Å². The van der Waals surface area contributed by atoms with E-state index in [0.717, 1.165) is 19.1 Å². The number of rotatable bonds is 20. The number of fused-ring (bicyclic) bond motifs is 7. The van der Waals surface area contributed by atoms with Crippen molar-refractivity contribution in [1.82, 2.24) is 63.1 Å². The number of carbonyl (C=O) groups excluding carboxylic acids is 12. The number of thioether (sulfide) groups is 2. The molecule has 7 rings (SSSR count). The zero-order chi connectivity index (χ0) is 78.2. The number of primary amides is 2. The Morgan fingerprint density at radius 1 is 0.620 bits per heavy atom. The number of carbonyl (C=O) groups is 14. The first kappa shape index (κ1) is 85.1. The average molecular weight is 1540 g/mol. The van der Waals surface area contributed by atoms with Crippen molar-refractivity contribution in [2.45, 2.75) is 214 Å². The number of nitrogens with zero attached hydrogens (tertiary/aromatic N) is 2. The number of aromatic nitrogens is 1. The summed E-state index contributed by atoms with van der Waals surface area (Å²) in [5.41, 5.74) is 19.5. The van der Waals surface area contributed by atoms with Crippen LogP contribution in [0.5, 0.6) is 5.75 Å². The van der Waals surface area contributed by atoms with Gasteiger partial charge in [-0.1, -0.05) is 68.4 Å². The van der Waals surface area contributed by atoms with Gasteiger partial charge < -0.3 is 100 Å². The number of amides is 12. The normalized spacial score (nSPS) is 24.8. The highest BCUT2D eigenvalue weighted by Gasteiger charge is 2.42. The van der Waals surface area contributed by atoms with Gasteiger partial charge in [0, 0.05) is 72.5 Å². The van der Waals surface area contributed by atoms with Gasteiger partial charge >= 0.3 is 11.9 Å². The van der Waals surface area contributed by atoms with E-state index in [9.17, 15) is 72.5 Å². The Bertz CT molecular complexity index is 3730. The molecule has 10 atom stereocenters. The number of nitrogens with two attached hydrogens (primary N) is 3. The molecular formula is C71H101N17O18S2. The minimum absolute atomic E-state index is 0.0120. The minimum Gasteiger partial charge on any atom is -0.494 e. The number of ether oxygens (including phenoxy) is 1. The molecular weight excluding hydrogens is 1440 g/mol. The van der Waals surface area contributed by atoms with Gasteiger partial charge in [0.25, 0.3) is 5.91 Å². The molecule has 108 heavy (non-hydrogen) atoms. The van der Waals surface area contributed by atoms with Crippen LogP contribution in [0.1, 0.15) is 152 Å². The highest BCUT2D eigenvalue weighted by Crippen LogP contribution is 2.32. The topological polar surface area (TPSA) is 551 Å². The Labute approximate surface area is 632 Å². The molecule has 20 N–H and O–H groups in total. The van der Waals surface area contributed by atoms with E-state index in [1.807, 2.05) is 13.0 Å². The molecule has 1 aromatic heterocycles. The third-order valence-electron chi connectivity index (χ3n) is 18.7. The molecule has 3 aliphatic heterocycles. The number of nitrogens with one attached hydrogen (secondary N) is 12. The van der Waals surface area contributed by atoms with Crippen molar-refractivity contribution in [1.29, 1.82) is 5.41 Å². The summed E-state index contributed by atoms with van der Waals surface area (Å²) in [5, 5.41) is 58.4. The molecule has 0 spiro atoms. The number of aliphatic carboxylic acids is 2. The summed E-state index contributed by atoms with van der Waals surface area (Å²) in [6.07, 6.45) is 4.88. The molecule has 1 saturated heterocycles. The largest absolute Gasteiger partial charge is 0.494 e. The summed E-state index contributed by atoms with van der Waals surface area (Å²) in [6, 6.07) is -2.84. The lowest BCUT2D eigenvalue weighted by Crippen LogP contribution is -2.61. The van der Waals surface area contributed by atoms with Crippen molar-refractivity contribution >= 4 is 129 Å². The Morgan fingerprint density at radius 3 is 1.86 bits per heavy atom. The van der Waals surface area contributed by atoms with Crippen LogP contribution in [0.2, 0.25) is 0 Å². The number of carboxylic acids is 2. The molecule has 0 radical (unpaired) electrons. The number of benzene rings is 2. The first-order valence-electron chi connectivity index (χ1n) is 36.5. The molecule has 4 aliphatic rings. The summed E-state index contributed by atoms with van der Waals surface area (Å²) < 4.78 is 6.29. The van der Waals surface area contributed by atoms with Gasteiger partial charge in [-0.05, 0) is 118 Å². The van der Waals surface area contributed by atoms with Crippen LogP contribution in [0, 0.1) is 11.3 Å². The van der Waals surface area contributed by atoms with E-state index < -0.39 is 175 Å². The average Bonchev–Trinajstić information content (AvgIpc) is 1.65. The van der Waals surface area contributed by atoms with Crippen LogP contribution in [0.25, 0.3) is 10.9 Å². The van der Waals surface area contributed by atoms with Gasteiger partial charge in [0.1, 0.15) is 79.0 Å². The highest BCUT2D eigenvalue weighted by molar-refractivity contribution is 7.98. The summed E-state index contributed by atoms with van der Waals surface area (Å²) >= 11 is 2.38. The predicted molar refractivity (Wildman–Crippen MR) is 399 cm³/mol. The van der Waals surface area contributed by atoms with Crippen molar-refractivity contribution < 1.29 is 86.9 Å². The smallest absolute Gasteiger partial charge is 0.305 e. The standard InChI is InChI=1S/C71H101N17O18S2/c1-2-3-16-48-63(97)85-53(33-60(93)94)68(102)83-51(31-40-13-10-14-40)66(100)84-52(32-43-34-77-46-17-7-6-15-45(43)46)67(101)81-49(20-22-57(72)89)64(98)80-50(21-23-59(91)92)65(99)86-54(61(73)95)38-107-36-41-28-42-30-44(29-41)105-26-8-4-5-9-27-106-78-35-58(90)79-47(18-11-24-76-71(74)75)62(96)87-55(39-108-37-42)70(104)88-25-12-19-56(88)69(103)82-48/h6-7,15,17,28-30,34-35,40,47-56,77H,2-5,8-14,16,18-27,31-33,36-39H2,1H3,(H2,72,89)(H2,73,95)(H,79,90)(H,80,98)(H,81,101)(H,82,103)(H,83,102)(H,84,100)(H,85,97)(H,86,99)(H,87,96)(H,91,92)(H,93,94)(H4,74,75,76)/b78-35+/t47-,48-,49-,50-,51-,52-,53-,54-,55-,56-/m0/s1. The van der Waals surface area contributed by atoms with Crippen molar-refractivity contribution in [3.63, 3.8) is 0 Å². The van der Waals surface area contributed by atoms with Crippen LogP contribution in [-0.4, -0.2) is 213 Å². The number of H-pyrrole nitrogens is 1. The molecule has 4 heterocycles. The van der Waals surface area contributed by atoms with Gasteiger partial charge in [0.2, 0.25) is 65.0 Å². The van der Waals surface area contributed by atoms with Crippen molar-refractivity contribution in [2.24, 2.45) is 28.3 Å². The van der Waals surface area contributed by atoms with Crippen LogP contribution in [0.3, 0.4) is 0 Å². The third kappa shape index (κ3) is 27.9. The van der Waals surface area contributed by atoms with Gasteiger partial charge in [0.05, 0.1) is 13.0 Å². The monoisotopic (exact) mass is 1540 g/mol.